The molecule has 5 rings (SSSR count). The van der Waals surface area contributed by atoms with Crippen LogP contribution in [0.2, 0.25) is 0 Å². The average molecular weight is 475 g/mol. The number of fused-ring (bicyclic) bond motifs is 1. The van der Waals surface area contributed by atoms with Gasteiger partial charge in [0.1, 0.15) is 16.1 Å². The monoisotopic (exact) mass is 475 g/mol. The predicted molar refractivity (Wildman–Crippen MR) is 124 cm³/mol. The molecule has 1 aromatic carbocycles. The van der Waals surface area contributed by atoms with Crippen molar-refractivity contribution in [1.29, 1.82) is 0 Å². The largest absolute Gasteiger partial charge is 0.503 e. The number of ketones is 1. The van der Waals surface area contributed by atoms with Crippen LogP contribution in [0.25, 0.3) is 26.7 Å². The first-order valence-electron chi connectivity index (χ1n) is 10.1. The number of hydrogen-bond donors (Lipinski definition) is 2. The van der Waals surface area contributed by atoms with Crippen molar-refractivity contribution in [3.8, 4) is 28.0 Å². The fraction of sp³-hybridized carbons (Fsp3) is 0.0833. The molecule has 0 atom stereocenters. The molecule has 10 heteroatoms. The Balaban J connectivity index is 1.82. The molecule has 2 N–H and O–H groups in total. The highest BCUT2D eigenvalue weighted by Crippen LogP contribution is 2.45. The first-order chi connectivity index (χ1) is 16.4. The van der Waals surface area contributed by atoms with Crippen LogP contribution in [0.4, 0.5) is 0 Å². The second-order valence-corrected chi connectivity index (χ2v) is 8.32. The van der Waals surface area contributed by atoms with Crippen LogP contribution >= 0.6 is 11.3 Å². The molecule has 0 aliphatic heterocycles. The molecular weight excluding hydrogens is 458 g/mol. The fourth-order valence-corrected chi connectivity index (χ4v) is 4.59. The fourth-order valence-electron chi connectivity index (χ4n) is 3.67. The SMILES string of the molecule is COC(=O)c1cccc(-c2c(C(=O)c3ccc(C)o3)c(O)c(O)n2-c2nc3cccnc3s2)c1. The van der Waals surface area contributed by atoms with E-state index in [-0.39, 0.29) is 27.7 Å². The summed E-state index contributed by atoms with van der Waals surface area (Å²) < 4.78 is 11.6. The number of esters is 1. The topological polar surface area (TPSA) is 128 Å². The molecule has 0 spiro atoms. The number of furan rings is 1. The Kier molecular flexibility index (Phi) is 5.14. The molecule has 0 unspecified atom stereocenters. The zero-order chi connectivity index (χ0) is 24.0. The van der Waals surface area contributed by atoms with E-state index in [2.05, 4.69) is 9.97 Å². The summed E-state index contributed by atoms with van der Waals surface area (Å²) in [4.78, 5) is 35.0. The van der Waals surface area contributed by atoms with E-state index in [1.807, 2.05) is 0 Å². The van der Waals surface area contributed by atoms with Crippen molar-refractivity contribution in [3.05, 3.63) is 77.4 Å². The van der Waals surface area contributed by atoms with Gasteiger partial charge in [0.05, 0.1) is 23.9 Å². The summed E-state index contributed by atoms with van der Waals surface area (Å²) in [6.07, 6.45) is 1.62. The summed E-state index contributed by atoms with van der Waals surface area (Å²) in [5.74, 6) is -1.93. The van der Waals surface area contributed by atoms with Crippen molar-refractivity contribution >= 4 is 33.4 Å². The summed E-state index contributed by atoms with van der Waals surface area (Å²) in [5.41, 5.74) is 1.13. The number of hydrogen-bond acceptors (Lipinski definition) is 9. The minimum atomic E-state index is -0.641. The third kappa shape index (κ3) is 3.41. The van der Waals surface area contributed by atoms with Crippen molar-refractivity contribution < 1.29 is 29.0 Å². The molecular formula is C24H17N3O6S. The van der Waals surface area contributed by atoms with Gasteiger partial charge in [0.15, 0.2) is 16.6 Å². The lowest BCUT2D eigenvalue weighted by Gasteiger charge is -2.10. The normalized spacial score (nSPS) is 11.1. The molecule has 0 aliphatic rings. The van der Waals surface area contributed by atoms with Crippen LogP contribution in [-0.2, 0) is 4.74 Å². The van der Waals surface area contributed by atoms with E-state index in [0.29, 0.717) is 21.7 Å². The molecule has 0 bridgehead atoms. The molecule has 170 valence electrons. The number of aromatic nitrogens is 3. The first kappa shape index (κ1) is 21.4. The average Bonchev–Trinajstić information content (AvgIpc) is 3.54. The van der Waals surface area contributed by atoms with Crippen molar-refractivity contribution in [3.63, 3.8) is 0 Å². The second kappa shape index (κ2) is 8.16. The van der Waals surface area contributed by atoms with Crippen LogP contribution in [0.5, 0.6) is 11.6 Å². The lowest BCUT2D eigenvalue weighted by molar-refractivity contribution is 0.0600. The maximum absolute atomic E-state index is 13.4. The Morgan fingerprint density at radius 3 is 2.65 bits per heavy atom. The van der Waals surface area contributed by atoms with Crippen LogP contribution in [0, 0.1) is 6.92 Å². The Morgan fingerprint density at radius 2 is 1.94 bits per heavy atom. The third-order valence-corrected chi connectivity index (χ3v) is 6.18. The highest BCUT2D eigenvalue weighted by atomic mass is 32.1. The predicted octanol–water partition coefficient (Wildman–Crippen LogP) is 4.48. The van der Waals surface area contributed by atoms with Gasteiger partial charge in [0.2, 0.25) is 11.7 Å². The van der Waals surface area contributed by atoms with Gasteiger partial charge in [0, 0.05) is 11.8 Å². The first-order valence-corrected chi connectivity index (χ1v) is 10.9. The van der Waals surface area contributed by atoms with E-state index in [1.54, 1.807) is 49.5 Å². The van der Waals surface area contributed by atoms with Crippen molar-refractivity contribution in [2.75, 3.05) is 7.11 Å². The minimum Gasteiger partial charge on any atom is -0.503 e. The summed E-state index contributed by atoms with van der Waals surface area (Å²) in [6, 6.07) is 12.9. The quantitative estimate of drug-likeness (QED) is 0.281. The van der Waals surface area contributed by atoms with Gasteiger partial charge < -0.3 is 19.4 Å². The van der Waals surface area contributed by atoms with Gasteiger partial charge in [-0.05, 0) is 43.3 Å². The Hall–Kier alpha value is -4.44. The number of aromatic hydroxyl groups is 2. The van der Waals surface area contributed by atoms with Crippen LogP contribution < -0.4 is 0 Å². The van der Waals surface area contributed by atoms with Gasteiger partial charge >= 0.3 is 5.97 Å². The molecule has 34 heavy (non-hydrogen) atoms. The van der Waals surface area contributed by atoms with Crippen LogP contribution in [0.3, 0.4) is 0 Å². The smallest absolute Gasteiger partial charge is 0.337 e. The number of carbonyl (C=O) groups excluding carboxylic acids is 2. The number of ether oxygens (including phenoxy) is 1. The maximum atomic E-state index is 13.4. The Bertz CT molecular complexity index is 1550. The van der Waals surface area contributed by atoms with E-state index in [1.165, 1.54) is 35.1 Å². The molecule has 4 heterocycles. The standard InChI is InChI=1S/C24H17N3O6S/c1-12-8-9-16(33-12)19(28)17-18(13-5-3-6-14(11-13)23(31)32-2)27(22(30)20(17)29)24-26-15-7-4-10-25-21(15)34-24/h3-11,29-30H,1-2H3. The zero-order valence-corrected chi connectivity index (χ0v) is 18.8. The molecule has 4 aromatic heterocycles. The number of benzene rings is 1. The number of pyridine rings is 1. The van der Waals surface area contributed by atoms with E-state index in [0.717, 1.165) is 0 Å². The molecule has 9 nitrogen and oxygen atoms in total. The summed E-state index contributed by atoms with van der Waals surface area (Å²) in [5, 5.41) is 22.1. The van der Waals surface area contributed by atoms with E-state index in [4.69, 9.17) is 9.15 Å². The molecule has 0 aliphatic carbocycles. The van der Waals surface area contributed by atoms with Gasteiger partial charge in [-0.1, -0.05) is 23.5 Å². The number of aryl methyl sites for hydroxylation is 1. The van der Waals surface area contributed by atoms with Gasteiger partial charge in [-0.2, -0.15) is 0 Å². The van der Waals surface area contributed by atoms with Gasteiger partial charge in [-0.15, -0.1) is 0 Å². The Morgan fingerprint density at radius 1 is 1.12 bits per heavy atom. The summed E-state index contributed by atoms with van der Waals surface area (Å²) >= 11 is 1.17. The number of rotatable bonds is 5. The van der Waals surface area contributed by atoms with Crippen LogP contribution in [0.1, 0.15) is 32.2 Å². The van der Waals surface area contributed by atoms with Crippen LogP contribution in [0.15, 0.2) is 59.1 Å². The third-order valence-electron chi connectivity index (χ3n) is 5.22. The highest BCUT2D eigenvalue weighted by Gasteiger charge is 2.32. The van der Waals surface area contributed by atoms with Crippen molar-refractivity contribution in [2.45, 2.75) is 6.92 Å². The molecule has 5 aromatic rings. The Labute approximate surface area is 196 Å². The van der Waals surface area contributed by atoms with E-state index in [9.17, 15) is 19.8 Å². The second-order valence-electron chi connectivity index (χ2n) is 7.37. The molecule has 0 radical (unpaired) electrons. The number of methoxy groups -OCH3 is 1. The molecule has 0 saturated heterocycles. The minimum absolute atomic E-state index is 0.0127. The van der Waals surface area contributed by atoms with E-state index >= 15 is 0 Å². The molecule has 0 saturated carbocycles. The van der Waals surface area contributed by atoms with E-state index < -0.39 is 23.4 Å². The van der Waals surface area contributed by atoms with Gasteiger partial charge in [0.25, 0.3) is 0 Å². The number of carbonyl (C=O) groups is 2. The van der Waals surface area contributed by atoms with Crippen molar-refractivity contribution in [2.24, 2.45) is 0 Å². The highest BCUT2D eigenvalue weighted by molar-refractivity contribution is 7.20. The maximum Gasteiger partial charge on any atom is 0.337 e. The lowest BCUT2D eigenvalue weighted by Crippen LogP contribution is -2.05. The van der Waals surface area contributed by atoms with Crippen molar-refractivity contribution in [1.82, 2.24) is 14.5 Å². The summed E-state index contributed by atoms with van der Waals surface area (Å²) in [6.45, 7) is 1.69. The summed E-state index contributed by atoms with van der Waals surface area (Å²) in [7, 11) is 1.26. The zero-order valence-electron chi connectivity index (χ0n) is 18.0. The molecule has 0 fully saturated rings. The van der Waals surface area contributed by atoms with Crippen LogP contribution in [-0.4, -0.2) is 43.6 Å². The van der Waals surface area contributed by atoms with Gasteiger partial charge in [-0.3, -0.25) is 9.36 Å². The van der Waals surface area contributed by atoms with Gasteiger partial charge in [-0.25, -0.2) is 14.8 Å². The number of thiazole rings is 1. The molecule has 0 amide bonds. The lowest BCUT2D eigenvalue weighted by atomic mass is 10.0. The number of nitrogens with zero attached hydrogens (tertiary/aromatic N) is 3.